The van der Waals surface area contributed by atoms with Crippen molar-refractivity contribution in [2.24, 2.45) is 5.14 Å². The van der Waals surface area contributed by atoms with Crippen LogP contribution in [0.25, 0.3) is 32.6 Å². The van der Waals surface area contributed by atoms with Crippen molar-refractivity contribution in [2.45, 2.75) is 4.21 Å². The second kappa shape index (κ2) is 6.03. The average molecular weight is 367 g/mol. The molecule has 1 aromatic carbocycles. The predicted octanol–water partition coefficient (Wildman–Crippen LogP) is 3.67. The summed E-state index contributed by atoms with van der Waals surface area (Å²) < 4.78 is 22.9. The fourth-order valence-electron chi connectivity index (χ4n) is 2.66. The Kier molecular flexibility index (Phi) is 3.84. The van der Waals surface area contributed by atoms with Gasteiger partial charge in [-0.25, -0.2) is 13.6 Å². The summed E-state index contributed by atoms with van der Waals surface area (Å²) in [5.41, 5.74) is 3.67. The molecule has 0 amide bonds. The third-order valence-corrected chi connectivity index (χ3v) is 6.38. The largest absolute Gasteiger partial charge is 0.256 e. The fourth-order valence-corrected chi connectivity index (χ4v) is 4.36. The fraction of sp³-hybridized carbons (Fsp3) is 0. The van der Waals surface area contributed by atoms with Crippen LogP contribution < -0.4 is 5.14 Å². The third kappa shape index (κ3) is 3.05. The molecular formula is C18H13N3O2S2. The van der Waals surface area contributed by atoms with Crippen molar-refractivity contribution in [1.29, 1.82) is 0 Å². The first-order valence-corrected chi connectivity index (χ1v) is 9.82. The summed E-state index contributed by atoms with van der Waals surface area (Å²) >= 11 is 1.11. The summed E-state index contributed by atoms with van der Waals surface area (Å²) in [6, 6.07) is 17.0. The molecule has 0 radical (unpaired) electrons. The van der Waals surface area contributed by atoms with Gasteiger partial charge in [-0.1, -0.05) is 24.3 Å². The number of pyridine rings is 2. The van der Waals surface area contributed by atoms with E-state index in [1.807, 2.05) is 42.5 Å². The summed E-state index contributed by atoms with van der Waals surface area (Å²) in [6.45, 7) is 0. The van der Waals surface area contributed by atoms with Gasteiger partial charge in [-0.05, 0) is 35.9 Å². The Morgan fingerprint density at radius 3 is 2.48 bits per heavy atom. The Balaban J connectivity index is 1.74. The van der Waals surface area contributed by atoms with Gasteiger partial charge < -0.3 is 0 Å². The van der Waals surface area contributed by atoms with Crippen LogP contribution in [0.2, 0.25) is 0 Å². The predicted molar refractivity (Wildman–Crippen MR) is 99.7 cm³/mol. The Morgan fingerprint density at radius 2 is 1.76 bits per heavy atom. The first kappa shape index (κ1) is 15.9. The van der Waals surface area contributed by atoms with Crippen LogP contribution in [0.3, 0.4) is 0 Å². The summed E-state index contributed by atoms with van der Waals surface area (Å²) in [7, 11) is -3.68. The number of para-hydroxylation sites is 1. The number of aromatic nitrogens is 2. The van der Waals surface area contributed by atoms with Crippen LogP contribution in [0.1, 0.15) is 0 Å². The van der Waals surface area contributed by atoms with Crippen LogP contribution >= 0.6 is 11.3 Å². The van der Waals surface area contributed by atoms with Crippen LogP contribution in [-0.4, -0.2) is 18.4 Å². The lowest BCUT2D eigenvalue weighted by molar-refractivity contribution is 0.600. The van der Waals surface area contributed by atoms with Gasteiger partial charge in [0.2, 0.25) is 10.0 Å². The van der Waals surface area contributed by atoms with Gasteiger partial charge in [0.15, 0.2) is 0 Å². The highest BCUT2D eigenvalue weighted by atomic mass is 32.2. The molecule has 0 saturated heterocycles. The molecule has 3 aromatic heterocycles. The highest BCUT2D eigenvalue weighted by Gasteiger charge is 2.13. The van der Waals surface area contributed by atoms with Crippen molar-refractivity contribution in [3.8, 4) is 21.7 Å². The maximum Gasteiger partial charge on any atom is 0.247 e. The molecule has 4 aromatic rings. The zero-order valence-electron chi connectivity index (χ0n) is 13.0. The van der Waals surface area contributed by atoms with E-state index in [2.05, 4.69) is 9.97 Å². The number of benzene rings is 1. The number of nitrogens with two attached hydrogens (primary N) is 1. The second-order valence-electron chi connectivity index (χ2n) is 5.47. The number of hydrogen-bond donors (Lipinski definition) is 1. The van der Waals surface area contributed by atoms with E-state index in [9.17, 15) is 8.42 Å². The molecule has 7 heteroatoms. The number of nitrogens with zero attached hydrogens (tertiary/aromatic N) is 2. The molecule has 4 rings (SSSR count). The monoisotopic (exact) mass is 367 g/mol. The SMILES string of the molecule is NS(=O)(=O)c1ccc(-c2ccc(-c3ccnc4ccccc34)cn2)s1. The van der Waals surface area contributed by atoms with E-state index >= 15 is 0 Å². The number of thiophene rings is 1. The lowest BCUT2D eigenvalue weighted by atomic mass is 10.0. The first-order valence-electron chi connectivity index (χ1n) is 7.45. The lowest BCUT2D eigenvalue weighted by Gasteiger charge is -2.06. The Hall–Kier alpha value is -2.61. The van der Waals surface area contributed by atoms with Gasteiger partial charge in [0.1, 0.15) is 4.21 Å². The molecule has 0 bridgehead atoms. The average Bonchev–Trinajstić information content (AvgIpc) is 3.12. The van der Waals surface area contributed by atoms with Gasteiger partial charge in [0.25, 0.3) is 0 Å². The van der Waals surface area contributed by atoms with Crippen molar-refractivity contribution in [3.05, 3.63) is 67.0 Å². The minimum absolute atomic E-state index is 0.133. The van der Waals surface area contributed by atoms with E-state index in [1.54, 1.807) is 18.5 Å². The molecule has 124 valence electrons. The Morgan fingerprint density at radius 1 is 0.920 bits per heavy atom. The quantitative estimate of drug-likeness (QED) is 0.598. The van der Waals surface area contributed by atoms with Crippen molar-refractivity contribution in [3.63, 3.8) is 0 Å². The van der Waals surface area contributed by atoms with Gasteiger partial charge in [-0.15, -0.1) is 11.3 Å². The molecule has 2 N–H and O–H groups in total. The number of sulfonamides is 1. The number of fused-ring (bicyclic) bond motifs is 1. The molecular weight excluding hydrogens is 354 g/mol. The van der Waals surface area contributed by atoms with Crippen molar-refractivity contribution in [2.75, 3.05) is 0 Å². The summed E-state index contributed by atoms with van der Waals surface area (Å²) in [6.07, 6.45) is 3.57. The van der Waals surface area contributed by atoms with Gasteiger partial charge in [-0.3, -0.25) is 9.97 Å². The van der Waals surface area contributed by atoms with Gasteiger partial charge in [0, 0.05) is 23.3 Å². The highest BCUT2D eigenvalue weighted by Crippen LogP contribution is 2.31. The molecule has 0 aliphatic rings. The zero-order valence-corrected chi connectivity index (χ0v) is 14.6. The maximum atomic E-state index is 11.4. The molecule has 0 saturated carbocycles. The standard InChI is InChI=1S/C18H13N3O2S2/c19-25(22,23)18-8-7-17(24-18)16-6-5-12(11-21-16)13-9-10-20-15-4-2-1-3-14(13)15/h1-11H,(H2,19,22,23). The number of primary sulfonamides is 1. The number of hydrogen-bond acceptors (Lipinski definition) is 5. The van der Waals surface area contributed by atoms with E-state index in [0.717, 1.165) is 38.2 Å². The number of rotatable bonds is 3. The van der Waals surface area contributed by atoms with Crippen molar-refractivity contribution < 1.29 is 8.42 Å². The molecule has 0 aliphatic carbocycles. The van der Waals surface area contributed by atoms with Crippen molar-refractivity contribution in [1.82, 2.24) is 9.97 Å². The minimum Gasteiger partial charge on any atom is -0.256 e. The van der Waals surface area contributed by atoms with E-state index in [0.29, 0.717) is 5.69 Å². The summed E-state index contributed by atoms with van der Waals surface area (Å²) in [5.74, 6) is 0. The van der Waals surface area contributed by atoms with Crippen LogP contribution in [0.5, 0.6) is 0 Å². The van der Waals surface area contributed by atoms with Gasteiger partial charge in [-0.2, -0.15) is 0 Å². The molecule has 0 spiro atoms. The molecule has 0 aliphatic heterocycles. The van der Waals surface area contributed by atoms with E-state index in [4.69, 9.17) is 5.14 Å². The molecule has 3 heterocycles. The highest BCUT2D eigenvalue weighted by molar-refractivity contribution is 7.91. The van der Waals surface area contributed by atoms with Gasteiger partial charge >= 0.3 is 0 Å². The Labute approximate surface area is 148 Å². The van der Waals surface area contributed by atoms with Gasteiger partial charge in [0.05, 0.1) is 16.1 Å². The maximum absolute atomic E-state index is 11.4. The van der Waals surface area contributed by atoms with E-state index < -0.39 is 10.0 Å². The van der Waals surface area contributed by atoms with Crippen molar-refractivity contribution >= 4 is 32.3 Å². The van der Waals surface area contributed by atoms with Crippen LogP contribution in [-0.2, 0) is 10.0 Å². The van der Waals surface area contributed by atoms with E-state index in [-0.39, 0.29) is 4.21 Å². The minimum atomic E-state index is -3.68. The molecule has 0 unspecified atom stereocenters. The first-order chi connectivity index (χ1) is 12.0. The molecule has 0 atom stereocenters. The van der Waals surface area contributed by atoms with Crippen LogP contribution in [0.15, 0.2) is 71.2 Å². The summed E-state index contributed by atoms with van der Waals surface area (Å²) in [5, 5.41) is 6.22. The Bertz CT molecular complexity index is 1160. The third-order valence-electron chi connectivity index (χ3n) is 3.84. The smallest absolute Gasteiger partial charge is 0.247 e. The molecule has 0 fully saturated rings. The van der Waals surface area contributed by atoms with E-state index in [1.165, 1.54) is 6.07 Å². The second-order valence-corrected chi connectivity index (χ2v) is 8.34. The normalized spacial score (nSPS) is 11.7. The summed E-state index contributed by atoms with van der Waals surface area (Å²) in [4.78, 5) is 9.61. The topological polar surface area (TPSA) is 85.9 Å². The zero-order chi connectivity index (χ0) is 17.4. The van der Waals surface area contributed by atoms with Crippen LogP contribution in [0.4, 0.5) is 0 Å². The molecule has 25 heavy (non-hydrogen) atoms. The molecule has 5 nitrogen and oxygen atoms in total. The van der Waals surface area contributed by atoms with Crippen LogP contribution in [0, 0.1) is 0 Å². The lowest BCUT2D eigenvalue weighted by Crippen LogP contribution is -2.09.